The highest BCUT2D eigenvalue weighted by Gasteiger charge is 2.09. The van der Waals surface area contributed by atoms with E-state index < -0.39 is 0 Å². The highest BCUT2D eigenvalue weighted by Crippen LogP contribution is 2.10. The lowest BCUT2D eigenvalue weighted by molar-refractivity contribution is -0.130. The average Bonchev–Trinajstić information content (AvgIpc) is 2.60. The van der Waals surface area contributed by atoms with Gasteiger partial charge in [0.05, 0.1) is 17.2 Å². The van der Waals surface area contributed by atoms with Crippen LogP contribution < -0.4 is 5.73 Å². The van der Waals surface area contributed by atoms with Crippen LogP contribution in [0.15, 0.2) is 5.38 Å². The number of aryl methyl sites for hydroxylation is 1. The Labute approximate surface area is 94.1 Å². The highest BCUT2D eigenvalue weighted by atomic mass is 32.1. The van der Waals surface area contributed by atoms with Crippen LogP contribution in [0.5, 0.6) is 0 Å². The molecule has 5 heteroatoms. The summed E-state index contributed by atoms with van der Waals surface area (Å²) in [5.74, 6) is 0.131. The molecule has 0 bridgehead atoms. The summed E-state index contributed by atoms with van der Waals surface area (Å²) in [7, 11) is 1.80. The van der Waals surface area contributed by atoms with E-state index in [4.69, 9.17) is 5.73 Å². The standard InChI is InChI=1S/C10H17N3OS/c1-8-12-9(7-15-8)6-13(2)10(14)4-3-5-11/h7H,3-6,11H2,1-2H3. The van der Waals surface area contributed by atoms with Crippen molar-refractivity contribution >= 4 is 17.2 Å². The topological polar surface area (TPSA) is 59.2 Å². The number of nitrogens with two attached hydrogens (primary N) is 1. The van der Waals surface area contributed by atoms with Gasteiger partial charge >= 0.3 is 0 Å². The van der Waals surface area contributed by atoms with Gasteiger partial charge in [0, 0.05) is 18.8 Å². The maximum atomic E-state index is 11.6. The molecule has 0 aromatic carbocycles. The summed E-state index contributed by atoms with van der Waals surface area (Å²) in [6, 6.07) is 0. The van der Waals surface area contributed by atoms with Crippen LogP contribution in [-0.2, 0) is 11.3 Å². The molecule has 0 aliphatic heterocycles. The van der Waals surface area contributed by atoms with Gasteiger partial charge in [-0.05, 0) is 19.9 Å². The SMILES string of the molecule is Cc1nc(CN(C)C(=O)CCCN)cs1. The van der Waals surface area contributed by atoms with Crippen molar-refractivity contribution in [3.63, 3.8) is 0 Å². The number of thiazole rings is 1. The summed E-state index contributed by atoms with van der Waals surface area (Å²) in [5.41, 5.74) is 6.31. The Bertz CT molecular complexity index is 324. The Morgan fingerprint density at radius 3 is 2.93 bits per heavy atom. The summed E-state index contributed by atoms with van der Waals surface area (Å²) >= 11 is 1.61. The first-order valence-electron chi connectivity index (χ1n) is 4.98. The molecule has 4 nitrogen and oxygen atoms in total. The molecule has 1 aromatic rings. The van der Waals surface area contributed by atoms with Gasteiger partial charge in [0.1, 0.15) is 0 Å². The first-order chi connectivity index (χ1) is 7.13. The van der Waals surface area contributed by atoms with Gasteiger partial charge in [-0.25, -0.2) is 4.98 Å². The van der Waals surface area contributed by atoms with Gasteiger partial charge in [-0.2, -0.15) is 0 Å². The summed E-state index contributed by atoms with van der Waals surface area (Å²) in [6.07, 6.45) is 1.27. The fourth-order valence-corrected chi connectivity index (χ4v) is 1.86. The number of aromatic nitrogens is 1. The number of carbonyl (C=O) groups is 1. The second-order valence-electron chi connectivity index (χ2n) is 3.50. The molecule has 0 unspecified atom stereocenters. The van der Waals surface area contributed by atoms with Gasteiger partial charge in [0.2, 0.25) is 5.91 Å². The average molecular weight is 227 g/mol. The molecule has 0 atom stereocenters. The molecule has 1 aromatic heterocycles. The van der Waals surface area contributed by atoms with Crippen molar-refractivity contribution in [2.75, 3.05) is 13.6 Å². The molecule has 0 spiro atoms. The number of hydrogen-bond donors (Lipinski definition) is 1. The van der Waals surface area contributed by atoms with E-state index in [1.54, 1.807) is 23.3 Å². The zero-order valence-corrected chi connectivity index (χ0v) is 10.0. The van der Waals surface area contributed by atoms with Crippen molar-refractivity contribution in [1.29, 1.82) is 0 Å². The smallest absolute Gasteiger partial charge is 0.222 e. The fourth-order valence-electron chi connectivity index (χ4n) is 1.26. The van der Waals surface area contributed by atoms with Gasteiger partial charge in [-0.15, -0.1) is 11.3 Å². The largest absolute Gasteiger partial charge is 0.340 e. The lowest BCUT2D eigenvalue weighted by atomic mass is 10.3. The Kier molecular flexibility index (Phi) is 4.71. The van der Waals surface area contributed by atoms with Crippen molar-refractivity contribution < 1.29 is 4.79 Å². The van der Waals surface area contributed by atoms with Crippen molar-refractivity contribution in [2.45, 2.75) is 26.3 Å². The Balaban J connectivity index is 2.41. The molecule has 0 aliphatic carbocycles. The molecule has 0 saturated carbocycles. The lowest BCUT2D eigenvalue weighted by Crippen LogP contribution is -2.26. The van der Waals surface area contributed by atoms with Crippen molar-refractivity contribution in [3.8, 4) is 0 Å². The van der Waals surface area contributed by atoms with Crippen LogP contribution >= 0.6 is 11.3 Å². The van der Waals surface area contributed by atoms with E-state index in [0.29, 0.717) is 19.5 Å². The number of amides is 1. The van der Waals surface area contributed by atoms with E-state index in [2.05, 4.69) is 4.98 Å². The van der Waals surface area contributed by atoms with Crippen LogP contribution in [0.25, 0.3) is 0 Å². The number of carbonyl (C=O) groups excluding carboxylic acids is 1. The zero-order valence-electron chi connectivity index (χ0n) is 9.19. The van der Waals surface area contributed by atoms with Crippen LogP contribution in [0.2, 0.25) is 0 Å². The van der Waals surface area contributed by atoms with E-state index in [-0.39, 0.29) is 5.91 Å². The number of rotatable bonds is 5. The molecular weight excluding hydrogens is 210 g/mol. The van der Waals surface area contributed by atoms with Gasteiger partial charge in [0.25, 0.3) is 0 Å². The van der Waals surface area contributed by atoms with E-state index in [9.17, 15) is 4.79 Å². The molecule has 84 valence electrons. The van der Waals surface area contributed by atoms with Crippen LogP contribution in [0, 0.1) is 6.92 Å². The van der Waals surface area contributed by atoms with Crippen LogP contribution in [-0.4, -0.2) is 29.4 Å². The van der Waals surface area contributed by atoms with Gasteiger partial charge in [0.15, 0.2) is 0 Å². The number of hydrogen-bond acceptors (Lipinski definition) is 4. The van der Waals surface area contributed by atoms with Crippen LogP contribution in [0.4, 0.5) is 0 Å². The third-order valence-electron chi connectivity index (χ3n) is 2.09. The Hall–Kier alpha value is -0.940. The van der Waals surface area contributed by atoms with E-state index in [1.165, 1.54) is 0 Å². The molecule has 0 fully saturated rings. The van der Waals surface area contributed by atoms with Gasteiger partial charge in [-0.3, -0.25) is 4.79 Å². The third-order valence-corrected chi connectivity index (χ3v) is 2.91. The minimum Gasteiger partial charge on any atom is -0.340 e. The number of nitrogens with zero attached hydrogens (tertiary/aromatic N) is 2. The molecular formula is C10H17N3OS. The van der Waals surface area contributed by atoms with Crippen molar-refractivity contribution in [2.24, 2.45) is 5.73 Å². The molecule has 0 saturated heterocycles. The zero-order chi connectivity index (χ0) is 11.3. The maximum Gasteiger partial charge on any atom is 0.222 e. The Morgan fingerprint density at radius 2 is 2.40 bits per heavy atom. The van der Waals surface area contributed by atoms with Gasteiger partial charge < -0.3 is 10.6 Å². The first-order valence-corrected chi connectivity index (χ1v) is 5.86. The molecule has 1 rings (SSSR count). The first kappa shape index (κ1) is 12.1. The van der Waals surface area contributed by atoms with Crippen molar-refractivity contribution in [1.82, 2.24) is 9.88 Å². The monoisotopic (exact) mass is 227 g/mol. The molecule has 1 amide bonds. The third kappa shape index (κ3) is 3.97. The van der Waals surface area contributed by atoms with E-state index >= 15 is 0 Å². The lowest BCUT2D eigenvalue weighted by Gasteiger charge is -2.15. The fraction of sp³-hybridized carbons (Fsp3) is 0.600. The minimum atomic E-state index is 0.131. The second kappa shape index (κ2) is 5.82. The molecule has 0 aliphatic rings. The maximum absolute atomic E-state index is 11.6. The summed E-state index contributed by atoms with van der Waals surface area (Å²) < 4.78 is 0. The van der Waals surface area contributed by atoms with E-state index in [0.717, 1.165) is 17.1 Å². The summed E-state index contributed by atoms with van der Waals surface area (Å²) in [5, 5.41) is 3.02. The Morgan fingerprint density at radius 1 is 1.67 bits per heavy atom. The predicted octanol–water partition coefficient (Wildman–Crippen LogP) is 1.15. The molecule has 0 radical (unpaired) electrons. The minimum absolute atomic E-state index is 0.131. The van der Waals surface area contributed by atoms with Crippen LogP contribution in [0.3, 0.4) is 0 Å². The molecule has 1 heterocycles. The molecule has 2 N–H and O–H groups in total. The van der Waals surface area contributed by atoms with Crippen LogP contribution in [0.1, 0.15) is 23.5 Å². The second-order valence-corrected chi connectivity index (χ2v) is 4.56. The van der Waals surface area contributed by atoms with Crippen molar-refractivity contribution in [3.05, 3.63) is 16.1 Å². The summed E-state index contributed by atoms with van der Waals surface area (Å²) in [4.78, 5) is 17.6. The quantitative estimate of drug-likeness (QED) is 0.821. The highest BCUT2D eigenvalue weighted by molar-refractivity contribution is 7.09. The normalized spacial score (nSPS) is 10.3. The summed E-state index contributed by atoms with van der Waals surface area (Å²) in [6.45, 7) is 3.12. The van der Waals surface area contributed by atoms with E-state index in [1.807, 2.05) is 12.3 Å². The molecule has 15 heavy (non-hydrogen) atoms. The van der Waals surface area contributed by atoms with Gasteiger partial charge in [-0.1, -0.05) is 0 Å². The predicted molar refractivity (Wildman–Crippen MR) is 61.6 cm³/mol.